The fourth-order valence-electron chi connectivity index (χ4n) is 3.11. The molecule has 1 atom stereocenters. The normalized spacial score (nSPS) is 18.2. The van der Waals surface area contributed by atoms with Gasteiger partial charge in [-0.05, 0) is 56.3 Å². The number of carbonyl (C=O) groups excluding carboxylic acids is 2. The minimum Gasteiger partial charge on any atom is -0.335 e. The van der Waals surface area contributed by atoms with Gasteiger partial charge in [-0.25, -0.2) is 0 Å². The summed E-state index contributed by atoms with van der Waals surface area (Å²) in [6, 6.07) is 5.95. The molecule has 5 heteroatoms. The lowest BCUT2D eigenvalue weighted by Crippen LogP contribution is -2.44. The zero-order valence-electron chi connectivity index (χ0n) is 15.3. The van der Waals surface area contributed by atoms with Crippen molar-refractivity contribution in [2.75, 3.05) is 38.5 Å². The third-order valence-electron chi connectivity index (χ3n) is 4.57. The summed E-state index contributed by atoms with van der Waals surface area (Å²) in [5, 5.41) is 2.90. The van der Waals surface area contributed by atoms with Crippen LogP contribution in [-0.2, 0) is 9.59 Å². The number of likely N-dealkylation sites (tertiary alicyclic amines) is 1. The standard InChI is InChI=1S/C19H29N3O2/c1-14-7-8-16(3)17(10-14)20-18(23)12-21(4)19(24)13-22-9-5-6-15(2)11-22/h7-8,10,15H,5-6,9,11-13H2,1-4H3,(H,20,23)/t15-/m1/s1. The van der Waals surface area contributed by atoms with E-state index in [2.05, 4.69) is 17.1 Å². The molecule has 0 spiro atoms. The van der Waals surface area contributed by atoms with Crippen LogP contribution in [0.15, 0.2) is 18.2 Å². The number of hydrogen-bond acceptors (Lipinski definition) is 3. The highest BCUT2D eigenvalue weighted by Gasteiger charge is 2.21. The molecule has 1 aliphatic heterocycles. The Morgan fingerprint density at radius 2 is 2.08 bits per heavy atom. The van der Waals surface area contributed by atoms with Crippen molar-refractivity contribution >= 4 is 17.5 Å². The first-order chi connectivity index (χ1) is 11.3. The zero-order valence-corrected chi connectivity index (χ0v) is 15.3. The van der Waals surface area contributed by atoms with Crippen molar-refractivity contribution in [2.24, 2.45) is 5.92 Å². The van der Waals surface area contributed by atoms with Gasteiger partial charge in [0.25, 0.3) is 0 Å². The molecule has 0 saturated carbocycles. The molecule has 0 radical (unpaired) electrons. The van der Waals surface area contributed by atoms with Gasteiger partial charge in [0.15, 0.2) is 0 Å². The maximum absolute atomic E-state index is 12.3. The van der Waals surface area contributed by atoms with Crippen molar-refractivity contribution in [3.05, 3.63) is 29.3 Å². The molecule has 0 bridgehead atoms. The van der Waals surface area contributed by atoms with Crippen molar-refractivity contribution in [1.82, 2.24) is 9.80 Å². The summed E-state index contributed by atoms with van der Waals surface area (Å²) in [6.45, 7) is 8.59. The first kappa shape index (κ1) is 18.5. The monoisotopic (exact) mass is 331 g/mol. The van der Waals surface area contributed by atoms with Gasteiger partial charge in [-0.2, -0.15) is 0 Å². The molecule has 2 rings (SSSR count). The first-order valence-corrected chi connectivity index (χ1v) is 8.68. The highest BCUT2D eigenvalue weighted by Crippen LogP contribution is 2.17. The number of carbonyl (C=O) groups is 2. The number of benzene rings is 1. The molecule has 1 aromatic carbocycles. The average molecular weight is 331 g/mol. The summed E-state index contributed by atoms with van der Waals surface area (Å²) in [4.78, 5) is 28.3. The number of aryl methyl sites for hydroxylation is 2. The van der Waals surface area contributed by atoms with E-state index in [1.165, 1.54) is 11.3 Å². The molecule has 1 aromatic rings. The van der Waals surface area contributed by atoms with E-state index >= 15 is 0 Å². The Morgan fingerprint density at radius 3 is 2.79 bits per heavy atom. The van der Waals surface area contributed by atoms with Gasteiger partial charge in [0, 0.05) is 19.3 Å². The SMILES string of the molecule is Cc1ccc(C)c(NC(=O)CN(C)C(=O)CN2CCC[C@@H](C)C2)c1. The highest BCUT2D eigenvalue weighted by molar-refractivity contribution is 5.95. The number of nitrogens with one attached hydrogen (secondary N) is 1. The Bertz CT molecular complexity index is 600. The maximum atomic E-state index is 12.3. The smallest absolute Gasteiger partial charge is 0.243 e. The molecule has 1 heterocycles. The lowest BCUT2D eigenvalue weighted by atomic mass is 10.0. The molecule has 0 aliphatic carbocycles. The molecule has 5 nitrogen and oxygen atoms in total. The van der Waals surface area contributed by atoms with Crippen molar-refractivity contribution in [1.29, 1.82) is 0 Å². The van der Waals surface area contributed by atoms with Crippen molar-refractivity contribution in [3.8, 4) is 0 Å². The summed E-state index contributed by atoms with van der Waals surface area (Å²) in [6.07, 6.45) is 2.38. The Hall–Kier alpha value is -1.88. The van der Waals surface area contributed by atoms with Gasteiger partial charge in [-0.3, -0.25) is 14.5 Å². The molecule has 0 aromatic heterocycles. The van der Waals surface area contributed by atoms with Crippen LogP contribution in [0.1, 0.15) is 30.9 Å². The van der Waals surface area contributed by atoms with Crippen molar-refractivity contribution < 1.29 is 9.59 Å². The largest absolute Gasteiger partial charge is 0.335 e. The van der Waals surface area contributed by atoms with Gasteiger partial charge in [-0.1, -0.05) is 19.1 Å². The van der Waals surface area contributed by atoms with E-state index in [0.29, 0.717) is 12.5 Å². The summed E-state index contributed by atoms with van der Waals surface area (Å²) < 4.78 is 0. The van der Waals surface area contributed by atoms with Gasteiger partial charge >= 0.3 is 0 Å². The fraction of sp³-hybridized carbons (Fsp3) is 0.579. The quantitative estimate of drug-likeness (QED) is 0.901. The topological polar surface area (TPSA) is 52.7 Å². The average Bonchev–Trinajstić information content (AvgIpc) is 2.50. The summed E-state index contributed by atoms with van der Waals surface area (Å²) in [5.74, 6) is 0.483. The first-order valence-electron chi connectivity index (χ1n) is 8.68. The van der Waals surface area contributed by atoms with Crippen LogP contribution in [0.25, 0.3) is 0 Å². The Kier molecular flexibility index (Phi) is 6.37. The van der Waals surface area contributed by atoms with Crippen LogP contribution in [0.3, 0.4) is 0 Å². The van der Waals surface area contributed by atoms with Gasteiger partial charge in [0.1, 0.15) is 0 Å². The zero-order chi connectivity index (χ0) is 17.7. The van der Waals surface area contributed by atoms with Crippen LogP contribution in [0.2, 0.25) is 0 Å². The number of nitrogens with zero attached hydrogens (tertiary/aromatic N) is 2. The number of piperidine rings is 1. The second kappa shape index (κ2) is 8.29. The summed E-state index contributed by atoms with van der Waals surface area (Å²) >= 11 is 0. The van der Waals surface area contributed by atoms with Gasteiger partial charge in [0.2, 0.25) is 11.8 Å². The van der Waals surface area contributed by atoms with E-state index in [4.69, 9.17) is 0 Å². The molecule has 1 fully saturated rings. The maximum Gasteiger partial charge on any atom is 0.243 e. The Balaban J connectivity index is 1.84. The fourth-order valence-corrected chi connectivity index (χ4v) is 3.11. The number of anilines is 1. The van der Waals surface area contributed by atoms with Gasteiger partial charge in [-0.15, -0.1) is 0 Å². The van der Waals surface area contributed by atoms with E-state index in [0.717, 1.165) is 36.3 Å². The lowest BCUT2D eigenvalue weighted by Gasteiger charge is -2.31. The summed E-state index contributed by atoms with van der Waals surface area (Å²) in [7, 11) is 1.69. The molecule has 1 aliphatic rings. The summed E-state index contributed by atoms with van der Waals surface area (Å²) in [5.41, 5.74) is 2.93. The Labute approximate surface area is 145 Å². The molecule has 0 unspecified atom stereocenters. The second-order valence-corrected chi connectivity index (χ2v) is 7.10. The van der Waals surface area contributed by atoms with Crippen LogP contribution in [-0.4, -0.2) is 54.8 Å². The van der Waals surface area contributed by atoms with Crippen LogP contribution < -0.4 is 5.32 Å². The van der Waals surface area contributed by atoms with Crippen LogP contribution in [0.4, 0.5) is 5.69 Å². The number of amides is 2. The van der Waals surface area contributed by atoms with Crippen molar-refractivity contribution in [2.45, 2.75) is 33.6 Å². The van der Waals surface area contributed by atoms with Crippen LogP contribution in [0.5, 0.6) is 0 Å². The van der Waals surface area contributed by atoms with E-state index in [1.54, 1.807) is 7.05 Å². The molecular weight excluding hydrogens is 302 g/mol. The van der Waals surface area contributed by atoms with E-state index in [1.807, 2.05) is 32.0 Å². The predicted octanol–water partition coefficient (Wildman–Crippen LogP) is 2.43. The van der Waals surface area contributed by atoms with Gasteiger partial charge in [0.05, 0.1) is 13.1 Å². The molecule has 24 heavy (non-hydrogen) atoms. The minimum absolute atomic E-state index is 0.000198. The third-order valence-corrected chi connectivity index (χ3v) is 4.57. The van der Waals surface area contributed by atoms with E-state index in [-0.39, 0.29) is 18.4 Å². The minimum atomic E-state index is -0.161. The van der Waals surface area contributed by atoms with E-state index in [9.17, 15) is 9.59 Å². The Morgan fingerprint density at radius 1 is 1.33 bits per heavy atom. The number of likely N-dealkylation sites (N-methyl/N-ethyl adjacent to an activating group) is 1. The second-order valence-electron chi connectivity index (χ2n) is 7.10. The van der Waals surface area contributed by atoms with Crippen LogP contribution >= 0.6 is 0 Å². The molecule has 132 valence electrons. The number of hydrogen-bond donors (Lipinski definition) is 1. The molecule has 2 amide bonds. The van der Waals surface area contributed by atoms with E-state index < -0.39 is 0 Å². The van der Waals surface area contributed by atoms with Gasteiger partial charge < -0.3 is 10.2 Å². The van der Waals surface area contributed by atoms with Crippen molar-refractivity contribution in [3.63, 3.8) is 0 Å². The molecular formula is C19H29N3O2. The highest BCUT2D eigenvalue weighted by atomic mass is 16.2. The van der Waals surface area contributed by atoms with Crippen LogP contribution in [0, 0.1) is 19.8 Å². The number of rotatable bonds is 5. The molecule has 1 saturated heterocycles. The predicted molar refractivity (Wildman–Crippen MR) is 97.0 cm³/mol. The lowest BCUT2D eigenvalue weighted by molar-refractivity contribution is -0.134. The molecule has 1 N–H and O–H groups in total. The third kappa shape index (κ3) is 5.34.